The third-order valence-corrected chi connectivity index (χ3v) is 10.7. The van der Waals surface area contributed by atoms with Gasteiger partial charge in [0.1, 0.15) is 11.2 Å². The Morgan fingerprint density at radius 2 is 0.818 bits per heavy atom. The van der Waals surface area contributed by atoms with Crippen molar-refractivity contribution >= 4 is 54.3 Å². The average Bonchev–Trinajstić information content (AvgIpc) is 3.63. The molecule has 0 amide bonds. The van der Waals surface area contributed by atoms with Crippen molar-refractivity contribution in [3.05, 3.63) is 188 Å². The molecule has 0 spiro atoms. The number of benzene rings is 9. The summed E-state index contributed by atoms with van der Waals surface area (Å²) in [4.78, 5) is 15.1. The molecule has 256 valence electrons. The maximum Gasteiger partial charge on any atom is 0.164 e. The zero-order valence-electron chi connectivity index (χ0n) is 29.6. The van der Waals surface area contributed by atoms with E-state index < -0.39 is 0 Å². The molecule has 0 bridgehead atoms. The first-order valence-electron chi connectivity index (χ1n) is 18.5. The van der Waals surface area contributed by atoms with Gasteiger partial charge in [0, 0.05) is 33.0 Å². The van der Waals surface area contributed by atoms with Crippen LogP contribution in [0.1, 0.15) is 0 Å². The van der Waals surface area contributed by atoms with Gasteiger partial charge in [0.05, 0.1) is 0 Å². The second kappa shape index (κ2) is 12.6. The summed E-state index contributed by atoms with van der Waals surface area (Å²) in [7, 11) is 0. The van der Waals surface area contributed by atoms with Crippen molar-refractivity contribution in [2.75, 3.05) is 0 Å². The number of furan rings is 1. The minimum Gasteiger partial charge on any atom is -0.455 e. The molecule has 0 unspecified atom stereocenters. The summed E-state index contributed by atoms with van der Waals surface area (Å²) in [6.07, 6.45) is 0. The van der Waals surface area contributed by atoms with Gasteiger partial charge in [0.25, 0.3) is 0 Å². The monoisotopic (exact) mass is 701 g/mol. The number of hydrogen-bond donors (Lipinski definition) is 0. The second-order valence-electron chi connectivity index (χ2n) is 14.0. The molecule has 0 aliphatic heterocycles. The third-order valence-electron chi connectivity index (χ3n) is 10.7. The van der Waals surface area contributed by atoms with Gasteiger partial charge in [0.2, 0.25) is 0 Å². The Labute approximate surface area is 317 Å². The van der Waals surface area contributed by atoms with E-state index in [4.69, 9.17) is 19.4 Å². The van der Waals surface area contributed by atoms with Gasteiger partial charge in [-0.2, -0.15) is 0 Å². The van der Waals surface area contributed by atoms with Crippen LogP contribution in [0.15, 0.2) is 192 Å². The first-order valence-corrected chi connectivity index (χ1v) is 18.5. The minimum atomic E-state index is 0.632. The molecule has 0 N–H and O–H groups in total. The van der Waals surface area contributed by atoms with Gasteiger partial charge < -0.3 is 4.42 Å². The van der Waals surface area contributed by atoms with Crippen LogP contribution in [0.5, 0.6) is 0 Å². The summed E-state index contributed by atoms with van der Waals surface area (Å²) in [5.74, 6) is 1.91. The van der Waals surface area contributed by atoms with Crippen molar-refractivity contribution in [3.8, 4) is 56.4 Å². The molecule has 9 aromatic carbocycles. The highest BCUT2D eigenvalue weighted by molar-refractivity contribution is 6.21. The topological polar surface area (TPSA) is 51.8 Å². The molecule has 0 aliphatic carbocycles. The van der Waals surface area contributed by atoms with Gasteiger partial charge in [-0.1, -0.05) is 158 Å². The lowest BCUT2D eigenvalue weighted by atomic mass is 9.90. The van der Waals surface area contributed by atoms with Gasteiger partial charge in [-0.3, -0.25) is 0 Å². The highest BCUT2D eigenvalue weighted by Gasteiger charge is 2.21. The normalized spacial score (nSPS) is 11.6. The van der Waals surface area contributed by atoms with Crippen LogP contribution in [0, 0.1) is 0 Å². The van der Waals surface area contributed by atoms with Crippen molar-refractivity contribution in [1.29, 1.82) is 0 Å². The number of rotatable bonds is 5. The molecule has 11 aromatic rings. The summed E-state index contributed by atoms with van der Waals surface area (Å²) < 4.78 is 6.91. The van der Waals surface area contributed by atoms with Gasteiger partial charge in [-0.15, -0.1) is 0 Å². The minimum absolute atomic E-state index is 0.632. The molecule has 2 heterocycles. The average molecular weight is 702 g/mol. The predicted molar refractivity (Wildman–Crippen MR) is 227 cm³/mol. The maximum atomic E-state index is 6.91. The molecule has 11 rings (SSSR count). The van der Waals surface area contributed by atoms with E-state index in [0.717, 1.165) is 77.0 Å². The second-order valence-corrected chi connectivity index (χ2v) is 14.0. The number of aromatic nitrogens is 3. The number of nitrogens with zero attached hydrogens (tertiary/aromatic N) is 3. The Bertz CT molecular complexity index is 3200. The van der Waals surface area contributed by atoms with Gasteiger partial charge in [-0.25, -0.2) is 15.0 Å². The molecule has 2 aromatic heterocycles. The molecule has 0 atom stereocenters. The lowest BCUT2D eigenvalue weighted by molar-refractivity contribution is 0.670. The van der Waals surface area contributed by atoms with Crippen LogP contribution in [0.2, 0.25) is 0 Å². The number of hydrogen-bond acceptors (Lipinski definition) is 4. The Morgan fingerprint density at radius 3 is 1.51 bits per heavy atom. The summed E-state index contributed by atoms with van der Waals surface area (Å²) in [5, 5.41) is 9.11. The maximum absolute atomic E-state index is 6.91. The third kappa shape index (κ3) is 5.26. The predicted octanol–water partition coefficient (Wildman–Crippen LogP) is 13.6. The van der Waals surface area contributed by atoms with Crippen LogP contribution in [-0.2, 0) is 0 Å². The van der Waals surface area contributed by atoms with E-state index in [-0.39, 0.29) is 0 Å². The van der Waals surface area contributed by atoms with Gasteiger partial charge >= 0.3 is 0 Å². The molecule has 55 heavy (non-hydrogen) atoms. The summed E-state index contributed by atoms with van der Waals surface area (Å²) in [6, 6.07) is 65.8. The van der Waals surface area contributed by atoms with Crippen LogP contribution in [0.3, 0.4) is 0 Å². The first kappa shape index (κ1) is 31.1. The van der Waals surface area contributed by atoms with E-state index in [1.165, 1.54) is 16.2 Å². The van der Waals surface area contributed by atoms with E-state index in [2.05, 4.69) is 127 Å². The lowest BCUT2D eigenvalue weighted by Crippen LogP contribution is -2.00. The SMILES string of the molecule is c1ccc(-c2nc(-c3ccccc3)nc(-c3ccc(-c4ccc(-c5ccc6ccccc6c5)c5oc6cc7ccccc7cc6c45)c4ccccc34)n2)cc1. The Morgan fingerprint density at radius 1 is 0.309 bits per heavy atom. The number of fused-ring (bicyclic) bond motifs is 6. The van der Waals surface area contributed by atoms with Crippen LogP contribution in [0.25, 0.3) is 111 Å². The van der Waals surface area contributed by atoms with E-state index in [1.54, 1.807) is 0 Å². The van der Waals surface area contributed by atoms with Crippen molar-refractivity contribution in [2.45, 2.75) is 0 Å². The standard InChI is InChI=1S/C51H31N3O/c1-3-14-33(15-4-1)49-52-50(34-16-5-2-6-17-34)54-51(53-49)44-28-26-42(40-21-11-12-22-41(40)44)43-27-25-39(38-24-23-32-13-7-8-18-35(32)29-38)48-47(43)45-30-36-19-9-10-20-37(36)31-46(45)55-48/h1-31H. The zero-order valence-corrected chi connectivity index (χ0v) is 29.6. The highest BCUT2D eigenvalue weighted by atomic mass is 16.3. The lowest BCUT2D eigenvalue weighted by Gasteiger charge is -2.14. The molecular formula is C51H31N3O. The van der Waals surface area contributed by atoms with E-state index in [9.17, 15) is 0 Å². The molecule has 0 saturated heterocycles. The van der Waals surface area contributed by atoms with Crippen LogP contribution in [-0.4, -0.2) is 15.0 Å². The van der Waals surface area contributed by atoms with Crippen LogP contribution in [0.4, 0.5) is 0 Å². The van der Waals surface area contributed by atoms with E-state index in [1.807, 2.05) is 60.7 Å². The van der Waals surface area contributed by atoms with Crippen LogP contribution < -0.4 is 0 Å². The Hall–Kier alpha value is -7.43. The summed E-state index contributed by atoms with van der Waals surface area (Å²) in [5.41, 5.74) is 9.00. The van der Waals surface area contributed by atoms with Crippen molar-refractivity contribution in [1.82, 2.24) is 15.0 Å². The van der Waals surface area contributed by atoms with Gasteiger partial charge in [0.15, 0.2) is 17.5 Å². The van der Waals surface area contributed by atoms with Gasteiger partial charge in [-0.05, 0) is 79.3 Å². The largest absolute Gasteiger partial charge is 0.455 e. The fourth-order valence-electron chi connectivity index (χ4n) is 8.03. The molecular weight excluding hydrogens is 671 g/mol. The molecule has 4 nitrogen and oxygen atoms in total. The van der Waals surface area contributed by atoms with Crippen molar-refractivity contribution in [2.24, 2.45) is 0 Å². The smallest absolute Gasteiger partial charge is 0.164 e. The molecule has 0 radical (unpaired) electrons. The quantitative estimate of drug-likeness (QED) is 0.179. The van der Waals surface area contributed by atoms with Crippen molar-refractivity contribution < 1.29 is 4.42 Å². The first-order chi connectivity index (χ1) is 27.2. The molecule has 0 aliphatic rings. The van der Waals surface area contributed by atoms with Crippen LogP contribution >= 0.6 is 0 Å². The Balaban J connectivity index is 1.16. The Kier molecular flexibility index (Phi) is 7.14. The van der Waals surface area contributed by atoms with E-state index in [0.29, 0.717) is 17.5 Å². The fraction of sp³-hybridized carbons (Fsp3) is 0. The van der Waals surface area contributed by atoms with Crippen molar-refractivity contribution in [3.63, 3.8) is 0 Å². The summed E-state index contributed by atoms with van der Waals surface area (Å²) in [6.45, 7) is 0. The van der Waals surface area contributed by atoms with E-state index >= 15 is 0 Å². The summed E-state index contributed by atoms with van der Waals surface area (Å²) >= 11 is 0. The molecule has 0 saturated carbocycles. The molecule has 0 fully saturated rings. The highest BCUT2D eigenvalue weighted by Crippen LogP contribution is 2.45. The molecule has 4 heteroatoms. The fourth-order valence-corrected chi connectivity index (χ4v) is 8.03. The zero-order chi connectivity index (χ0) is 36.3.